The molecule has 0 saturated carbocycles. The van der Waals surface area contributed by atoms with Crippen molar-refractivity contribution in [2.24, 2.45) is 0 Å². The number of nitrogens with zero attached hydrogens (tertiary/aromatic N) is 3. The standard InChI is InChI=1S/C14H19BrN4O/c1-2-7-16-10-14-17-11-19(18-14)8-9-20-13-5-3-12(15)4-6-13/h3-6,11,16H,2,7-10H2,1H3. The minimum absolute atomic E-state index is 0.576. The van der Waals surface area contributed by atoms with E-state index >= 15 is 0 Å². The lowest BCUT2D eigenvalue weighted by Gasteiger charge is -2.05. The molecule has 20 heavy (non-hydrogen) atoms. The lowest BCUT2D eigenvalue weighted by Crippen LogP contribution is -2.15. The molecule has 1 N–H and O–H groups in total. The summed E-state index contributed by atoms with van der Waals surface area (Å²) in [4.78, 5) is 4.25. The molecule has 0 unspecified atom stereocenters. The van der Waals surface area contributed by atoms with Gasteiger partial charge in [0.05, 0.1) is 13.1 Å². The van der Waals surface area contributed by atoms with Gasteiger partial charge in [0.25, 0.3) is 0 Å². The molecule has 6 heteroatoms. The van der Waals surface area contributed by atoms with E-state index in [1.54, 1.807) is 6.33 Å². The fourth-order valence-electron chi connectivity index (χ4n) is 1.69. The molecule has 0 radical (unpaired) electrons. The third kappa shape index (κ3) is 4.94. The number of halogens is 1. The summed E-state index contributed by atoms with van der Waals surface area (Å²) in [5, 5.41) is 7.66. The van der Waals surface area contributed by atoms with E-state index in [1.807, 2.05) is 28.9 Å². The Morgan fingerprint density at radius 3 is 2.85 bits per heavy atom. The second-order valence-corrected chi connectivity index (χ2v) is 5.32. The van der Waals surface area contributed by atoms with Crippen LogP contribution in [0.25, 0.3) is 0 Å². The van der Waals surface area contributed by atoms with Crippen LogP contribution in [0, 0.1) is 0 Å². The maximum Gasteiger partial charge on any atom is 0.164 e. The zero-order chi connectivity index (χ0) is 14.2. The van der Waals surface area contributed by atoms with Crippen LogP contribution in [0.5, 0.6) is 5.75 Å². The van der Waals surface area contributed by atoms with Gasteiger partial charge in [0, 0.05) is 4.47 Å². The van der Waals surface area contributed by atoms with Crippen molar-refractivity contribution in [3.05, 3.63) is 40.9 Å². The molecule has 1 heterocycles. The van der Waals surface area contributed by atoms with Gasteiger partial charge in [-0.2, -0.15) is 5.10 Å². The Morgan fingerprint density at radius 2 is 2.10 bits per heavy atom. The molecular formula is C14H19BrN4O. The fourth-order valence-corrected chi connectivity index (χ4v) is 1.95. The van der Waals surface area contributed by atoms with Crippen molar-refractivity contribution in [3.8, 4) is 5.75 Å². The minimum Gasteiger partial charge on any atom is -0.492 e. The van der Waals surface area contributed by atoms with Gasteiger partial charge in [0.1, 0.15) is 18.7 Å². The second kappa shape index (κ2) is 8.01. The summed E-state index contributed by atoms with van der Waals surface area (Å²) in [5.41, 5.74) is 0. The summed E-state index contributed by atoms with van der Waals surface area (Å²) >= 11 is 3.39. The first kappa shape index (κ1) is 15.0. The predicted octanol–water partition coefficient (Wildman–Crippen LogP) is 2.62. The van der Waals surface area contributed by atoms with Crippen molar-refractivity contribution in [2.45, 2.75) is 26.4 Å². The van der Waals surface area contributed by atoms with E-state index in [-0.39, 0.29) is 0 Å². The molecule has 0 saturated heterocycles. The number of nitrogens with one attached hydrogen (secondary N) is 1. The van der Waals surface area contributed by atoms with Crippen LogP contribution < -0.4 is 10.1 Å². The Labute approximate surface area is 127 Å². The van der Waals surface area contributed by atoms with E-state index in [1.165, 1.54) is 0 Å². The van der Waals surface area contributed by atoms with Crippen molar-refractivity contribution in [1.82, 2.24) is 20.1 Å². The third-order valence-corrected chi connectivity index (χ3v) is 3.23. The highest BCUT2D eigenvalue weighted by molar-refractivity contribution is 9.10. The van der Waals surface area contributed by atoms with Crippen molar-refractivity contribution in [2.75, 3.05) is 13.2 Å². The fraction of sp³-hybridized carbons (Fsp3) is 0.429. The smallest absolute Gasteiger partial charge is 0.164 e. The van der Waals surface area contributed by atoms with Gasteiger partial charge >= 0.3 is 0 Å². The van der Waals surface area contributed by atoms with Gasteiger partial charge < -0.3 is 10.1 Å². The van der Waals surface area contributed by atoms with E-state index in [2.05, 4.69) is 38.3 Å². The number of aromatic nitrogens is 3. The molecule has 1 aromatic heterocycles. The summed E-state index contributed by atoms with van der Waals surface area (Å²) in [5.74, 6) is 1.68. The number of rotatable bonds is 8. The number of hydrogen-bond acceptors (Lipinski definition) is 4. The van der Waals surface area contributed by atoms with E-state index in [4.69, 9.17) is 4.74 Å². The first-order valence-electron chi connectivity index (χ1n) is 6.75. The zero-order valence-electron chi connectivity index (χ0n) is 11.6. The van der Waals surface area contributed by atoms with Crippen molar-refractivity contribution in [1.29, 1.82) is 0 Å². The van der Waals surface area contributed by atoms with Crippen LogP contribution in [-0.2, 0) is 13.1 Å². The predicted molar refractivity (Wildman–Crippen MR) is 81.7 cm³/mol. The zero-order valence-corrected chi connectivity index (χ0v) is 13.1. The summed E-state index contributed by atoms with van der Waals surface area (Å²) in [7, 11) is 0. The van der Waals surface area contributed by atoms with Gasteiger partial charge in [-0.15, -0.1) is 0 Å². The lowest BCUT2D eigenvalue weighted by atomic mass is 10.3. The SMILES string of the molecule is CCCNCc1ncn(CCOc2ccc(Br)cc2)n1. The number of ether oxygens (including phenoxy) is 1. The highest BCUT2D eigenvalue weighted by Gasteiger charge is 2.00. The summed E-state index contributed by atoms with van der Waals surface area (Å²) in [6.07, 6.45) is 2.86. The molecule has 0 amide bonds. The summed E-state index contributed by atoms with van der Waals surface area (Å²) in [6.45, 7) is 5.11. The first-order valence-corrected chi connectivity index (χ1v) is 7.54. The monoisotopic (exact) mass is 338 g/mol. The normalized spacial score (nSPS) is 10.7. The second-order valence-electron chi connectivity index (χ2n) is 4.40. The molecule has 0 bridgehead atoms. The molecule has 1 aromatic carbocycles. The molecular weight excluding hydrogens is 320 g/mol. The van der Waals surface area contributed by atoms with Gasteiger partial charge in [-0.05, 0) is 37.2 Å². The molecule has 108 valence electrons. The van der Waals surface area contributed by atoms with Crippen LogP contribution in [0.4, 0.5) is 0 Å². The average molecular weight is 339 g/mol. The molecule has 2 rings (SSSR count). The van der Waals surface area contributed by atoms with Gasteiger partial charge in [-0.3, -0.25) is 0 Å². The van der Waals surface area contributed by atoms with Gasteiger partial charge in [-0.25, -0.2) is 9.67 Å². The molecule has 0 spiro atoms. The van der Waals surface area contributed by atoms with Crippen LogP contribution in [0.1, 0.15) is 19.2 Å². The molecule has 0 atom stereocenters. The van der Waals surface area contributed by atoms with Gasteiger partial charge in [0.2, 0.25) is 0 Å². The van der Waals surface area contributed by atoms with Crippen LogP contribution in [0.2, 0.25) is 0 Å². The number of benzene rings is 1. The Kier molecular flexibility index (Phi) is 6.01. The van der Waals surface area contributed by atoms with Crippen LogP contribution in [0.3, 0.4) is 0 Å². The first-order chi connectivity index (χ1) is 9.78. The van der Waals surface area contributed by atoms with Crippen LogP contribution in [0.15, 0.2) is 35.1 Å². The van der Waals surface area contributed by atoms with Gasteiger partial charge in [0.15, 0.2) is 5.82 Å². The summed E-state index contributed by atoms with van der Waals surface area (Å²) < 4.78 is 8.50. The maximum absolute atomic E-state index is 5.65. The Balaban J connectivity index is 1.72. The number of hydrogen-bond donors (Lipinski definition) is 1. The highest BCUT2D eigenvalue weighted by Crippen LogP contribution is 2.15. The molecule has 5 nitrogen and oxygen atoms in total. The highest BCUT2D eigenvalue weighted by atomic mass is 79.9. The average Bonchev–Trinajstić information content (AvgIpc) is 2.89. The van der Waals surface area contributed by atoms with E-state index < -0.39 is 0 Å². The van der Waals surface area contributed by atoms with Crippen LogP contribution in [-0.4, -0.2) is 27.9 Å². The van der Waals surface area contributed by atoms with E-state index in [0.29, 0.717) is 19.7 Å². The van der Waals surface area contributed by atoms with Crippen LogP contribution >= 0.6 is 15.9 Å². The molecule has 0 aliphatic rings. The van der Waals surface area contributed by atoms with E-state index in [9.17, 15) is 0 Å². The van der Waals surface area contributed by atoms with Crippen molar-refractivity contribution >= 4 is 15.9 Å². The third-order valence-electron chi connectivity index (χ3n) is 2.70. The maximum atomic E-state index is 5.65. The van der Waals surface area contributed by atoms with Crippen molar-refractivity contribution in [3.63, 3.8) is 0 Å². The molecule has 0 fully saturated rings. The quantitative estimate of drug-likeness (QED) is 0.751. The van der Waals surface area contributed by atoms with Crippen molar-refractivity contribution < 1.29 is 4.74 Å². The topological polar surface area (TPSA) is 52.0 Å². The Hall–Kier alpha value is -1.40. The van der Waals surface area contributed by atoms with Gasteiger partial charge in [-0.1, -0.05) is 22.9 Å². The largest absolute Gasteiger partial charge is 0.492 e. The Morgan fingerprint density at radius 1 is 1.30 bits per heavy atom. The Bertz CT molecular complexity index is 512. The summed E-state index contributed by atoms with van der Waals surface area (Å²) in [6, 6.07) is 7.79. The lowest BCUT2D eigenvalue weighted by molar-refractivity contribution is 0.290. The van der Waals surface area contributed by atoms with E-state index in [0.717, 1.165) is 29.0 Å². The minimum atomic E-state index is 0.576. The molecule has 0 aliphatic heterocycles. The molecule has 0 aliphatic carbocycles. The molecule has 2 aromatic rings.